The number of anilines is 5. The number of hydrogen-bond donors (Lipinski definition) is 5. The summed E-state index contributed by atoms with van der Waals surface area (Å²) in [6.45, 7) is 9.63. The Kier molecular flexibility index (Phi) is 8.59. The summed E-state index contributed by atoms with van der Waals surface area (Å²) in [7, 11) is 0. The van der Waals surface area contributed by atoms with E-state index in [1.807, 2.05) is 69.3 Å². The van der Waals surface area contributed by atoms with Gasteiger partial charge in [-0.3, -0.25) is 4.79 Å². The predicted octanol–water partition coefficient (Wildman–Crippen LogP) is 4.95. The molecule has 0 unspecified atom stereocenters. The fourth-order valence-corrected chi connectivity index (χ4v) is 3.25. The summed E-state index contributed by atoms with van der Waals surface area (Å²) in [4.78, 5) is 20.2. The Morgan fingerprint density at radius 1 is 0.971 bits per heavy atom. The molecule has 1 heterocycles. The van der Waals surface area contributed by atoms with Crippen LogP contribution >= 0.6 is 0 Å². The lowest BCUT2D eigenvalue weighted by Crippen LogP contribution is -2.30. The third kappa shape index (κ3) is 7.05. The van der Waals surface area contributed by atoms with Crippen LogP contribution in [0.4, 0.5) is 28.8 Å². The Balaban J connectivity index is 1.59. The summed E-state index contributed by atoms with van der Waals surface area (Å²) in [5.74, 6) is 1.23. The summed E-state index contributed by atoms with van der Waals surface area (Å²) in [6.07, 6.45) is 2.93. The van der Waals surface area contributed by atoms with E-state index in [0.717, 1.165) is 16.9 Å². The lowest BCUT2D eigenvalue weighted by atomic mass is 10.1. The molecular weight excluding hydrogens is 428 g/mol. The first-order valence-corrected chi connectivity index (χ1v) is 11.3. The Morgan fingerprint density at radius 2 is 1.59 bits per heavy atom. The SMILES string of the molecule is C=CC(=O)Nc1ccc(Nc2ccc([C@H](C)Nc3nccc(N[C@H](CO)C(C)C)n3)cc2)cc1. The van der Waals surface area contributed by atoms with Crippen LogP contribution in [0, 0.1) is 5.92 Å². The van der Waals surface area contributed by atoms with E-state index >= 15 is 0 Å². The average molecular weight is 461 g/mol. The second kappa shape index (κ2) is 11.8. The molecule has 8 nitrogen and oxygen atoms in total. The number of rotatable bonds is 11. The molecule has 5 N–H and O–H groups in total. The number of aliphatic hydroxyl groups is 1. The van der Waals surface area contributed by atoms with Crippen LogP contribution in [0.1, 0.15) is 32.4 Å². The molecule has 3 aromatic rings. The van der Waals surface area contributed by atoms with Gasteiger partial charge in [0.05, 0.1) is 18.7 Å². The zero-order chi connectivity index (χ0) is 24.5. The molecule has 0 spiro atoms. The van der Waals surface area contributed by atoms with Crippen LogP contribution in [0.5, 0.6) is 0 Å². The first-order chi connectivity index (χ1) is 16.4. The van der Waals surface area contributed by atoms with E-state index in [1.165, 1.54) is 6.08 Å². The van der Waals surface area contributed by atoms with Gasteiger partial charge in [0.15, 0.2) is 0 Å². The maximum absolute atomic E-state index is 11.4. The van der Waals surface area contributed by atoms with Crippen molar-refractivity contribution in [2.45, 2.75) is 32.9 Å². The molecule has 178 valence electrons. The van der Waals surface area contributed by atoms with Crippen LogP contribution in [0.2, 0.25) is 0 Å². The molecule has 0 bridgehead atoms. The largest absolute Gasteiger partial charge is 0.394 e. The number of carbonyl (C=O) groups excluding carboxylic acids is 1. The monoisotopic (exact) mass is 460 g/mol. The molecular formula is C26H32N6O2. The molecule has 34 heavy (non-hydrogen) atoms. The van der Waals surface area contributed by atoms with E-state index in [-0.39, 0.29) is 30.5 Å². The number of aromatic nitrogens is 2. The lowest BCUT2D eigenvalue weighted by molar-refractivity contribution is -0.111. The topological polar surface area (TPSA) is 111 Å². The smallest absolute Gasteiger partial charge is 0.247 e. The number of nitrogens with zero attached hydrogens (tertiary/aromatic N) is 2. The number of amides is 1. The van der Waals surface area contributed by atoms with Gasteiger partial charge in [-0.15, -0.1) is 0 Å². The predicted molar refractivity (Wildman–Crippen MR) is 138 cm³/mol. The van der Waals surface area contributed by atoms with Gasteiger partial charge in [0.1, 0.15) is 5.82 Å². The van der Waals surface area contributed by atoms with Crippen molar-refractivity contribution in [3.8, 4) is 0 Å². The number of hydrogen-bond acceptors (Lipinski definition) is 7. The standard InChI is InChI=1S/C26H32N6O2/c1-5-25(34)30-22-12-10-21(11-13-22)29-20-8-6-19(7-9-20)18(4)28-26-27-15-14-24(32-26)31-23(16-33)17(2)3/h5-15,17-18,23,29,33H,1,16H2,2-4H3,(H,30,34)(H2,27,28,31,32)/t18-,23+/m0/s1. The minimum Gasteiger partial charge on any atom is -0.394 e. The minimum absolute atomic E-state index is 0.00390. The first-order valence-electron chi connectivity index (χ1n) is 11.3. The molecule has 0 fully saturated rings. The molecule has 0 saturated heterocycles. The fraction of sp³-hybridized carbons (Fsp3) is 0.269. The van der Waals surface area contributed by atoms with Gasteiger partial charge in [0, 0.05) is 23.3 Å². The summed E-state index contributed by atoms with van der Waals surface area (Å²) < 4.78 is 0. The van der Waals surface area contributed by atoms with Crippen LogP contribution in [0.25, 0.3) is 0 Å². The van der Waals surface area contributed by atoms with Crippen molar-refractivity contribution in [1.29, 1.82) is 0 Å². The Labute approximate surface area is 200 Å². The highest BCUT2D eigenvalue weighted by Crippen LogP contribution is 2.23. The second-order valence-electron chi connectivity index (χ2n) is 8.33. The maximum atomic E-state index is 11.4. The summed E-state index contributed by atoms with van der Waals surface area (Å²) in [5.41, 5.74) is 3.66. The van der Waals surface area contributed by atoms with Crippen molar-refractivity contribution in [1.82, 2.24) is 9.97 Å². The molecule has 2 aromatic carbocycles. The van der Waals surface area contributed by atoms with Gasteiger partial charge in [0.25, 0.3) is 0 Å². The Morgan fingerprint density at radius 3 is 2.18 bits per heavy atom. The van der Waals surface area contributed by atoms with Gasteiger partial charge in [-0.25, -0.2) is 4.98 Å². The molecule has 0 aliphatic rings. The molecule has 0 aliphatic carbocycles. The van der Waals surface area contributed by atoms with E-state index < -0.39 is 0 Å². The lowest BCUT2D eigenvalue weighted by Gasteiger charge is -2.21. The Bertz CT molecular complexity index is 1080. The molecule has 0 radical (unpaired) electrons. The van der Waals surface area contributed by atoms with E-state index in [0.29, 0.717) is 17.5 Å². The zero-order valence-electron chi connectivity index (χ0n) is 19.7. The van der Waals surface area contributed by atoms with E-state index in [4.69, 9.17) is 0 Å². The first kappa shape index (κ1) is 24.7. The Hall–Kier alpha value is -3.91. The molecule has 2 atom stereocenters. The normalized spacial score (nSPS) is 12.5. The fourth-order valence-electron chi connectivity index (χ4n) is 3.25. The van der Waals surface area contributed by atoms with E-state index in [9.17, 15) is 9.90 Å². The second-order valence-corrected chi connectivity index (χ2v) is 8.33. The molecule has 8 heteroatoms. The van der Waals surface area contributed by atoms with E-state index in [1.54, 1.807) is 12.3 Å². The average Bonchev–Trinajstić information content (AvgIpc) is 2.84. The zero-order valence-corrected chi connectivity index (χ0v) is 19.7. The van der Waals surface area contributed by atoms with Crippen LogP contribution in [-0.2, 0) is 4.79 Å². The number of aliphatic hydroxyl groups excluding tert-OH is 1. The van der Waals surface area contributed by atoms with E-state index in [2.05, 4.69) is 37.8 Å². The molecule has 0 saturated carbocycles. The van der Waals surface area contributed by atoms with Gasteiger partial charge in [-0.1, -0.05) is 32.6 Å². The van der Waals surface area contributed by atoms with Crippen molar-refractivity contribution in [3.63, 3.8) is 0 Å². The van der Waals surface area contributed by atoms with Crippen LogP contribution in [-0.4, -0.2) is 33.6 Å². The van der Waals surface area contributed by atoms with Gasteiger partial charge >= 0.3 is 0 Å². The van der Waals surface area contributed by atoms with Crippen LogP contribution in [0.15, 0.2) is 73.4 Å². The van der Waals surface area contributed by atoms with Crippen molar-refractivity contribution in [2.75, 3.05) is 27.9 Å². The van der Waals surface area contributed by atoms with Crippen molar-refractivity contribution in [2.24, 2.45) is 5.92 Å². The van der Waals surface area contributed by atoms with Crippen LogP contribution in [0.3, 0.4) is 0 Å². The molecule has 1 amide bonds. The molecule has 3 rings (SSSR count). The van der Waals surface area contributed by atoms with Crippen molar-refractivity contribution >= 4 is 34.7 Å². The minimum atomic E-state index is -0.239. The van der Waals surface area contributed by atoms with Crippen molar-refractivity contribution in [3.05, 3.63) is 79.0 Å². The molecule has 0 aliphatic heterocycles. The maximum Gasteiger partial charge on any atom is 0.247 e. The molecule has 1 aromatic heterocycles. The van der Waals surface area contributed by atoms with Crippen LogP contribution < -0.4 is 21.3 Å². The highest BCUT2D eigenvalue weighted by molar-refractivity contribution is 5.98. The summed E-state index contributed by atoms with van der Waals surface area (Å²) in [5, 5.41) is 22.2. The quantitative estimate of drug-likeness (QED) is 0.258. The summed E-state index contributed by atoms with van der Waals surface area (Å²) >= 11 is 0. The number of benzene rings is 2. The van der Waals surface area contributed by atoms with Gasteiger partial charge in [0.2, 0.25) is 11.9 Å². The number of carbonyl (C=O) groups is 1. The third-order valence-electron chi connectivity index (χ3n) is 5.37. The van der Waals surface area contributed by atoms with Gasteiger partial charge in [-0.05, 0) is 66.9 Å². The third-order valence-corrected chi connectivity index (χ3v) is 5.37. The number of nitrogens with one attached hydrogen (secondary N) is 4. The van der Waals surface area contributed by atoms with Gasteiger partial charge < -0.3 is 26.4 Å². The van der Waals surface area contributed by atoms with Crippen molar-refractivity contribution < 1.29 is 9.90 Å². The highest BCUT2D eigenvalue weighted by atomic mass is 16.3. The summed E-state index contributed by atoms with van der Waals surface area (Å²) in [6, 6.07) is 17.3. The highest BCUT2D eigenvalue weighted by Gasteiger charge is 2.13. The van der Waals surface area contributed by atoms with Gasteiger partial charge in [-0.2, -0.15) is 4.98 Å².